The van der Waals surface area contributed by atoms with Crippen LogP contribution < -0.4 is 5.32 Å². The minimum Gasteiger partial charge on any atom is -0.478 e. The number of nitrogens with one attached hydrogen (secondary N) is 1. The van der Waals surface area contributed by atoms with Gasteiger partial charge in [-0.1, -0.05) is 24.3 Å². The predicted octanol–water partition coefficient (Wildman–Crippen LogP) is 2.61. The number of carbonyl (C=O) groups is 1. The molecule has 0 saturated heterocycles. The van der Waals surface area contributed by atoms with Gasteiger partial charge in [0.25, 0.3) is 0 Å². The van der Waals surface area contributed by atoms with E-state index in [0.29, 0.717) is 18.7 Å². The van der Waals surface area contributed by atoms with Crippen LogP contribution >= 0.6 is 0 Å². The molecule has 0 aromatic heterocycles. The van der Waals surface area contributed by atoms with Crippen LogP contribution in [0.5, 0.6) is 0 Å². The minimum absolute atomic E-state index is 0.0621. The first-order valence-electron chi connectivity index (χ1n) is 6.68. The molecule has 0 saturated carbocycles. The first-order chi connectivity index (χ1) is 10.2. The fourth-order valence-electron chi connectivity index (χ4n) is 2.26. The molecule has 5 heteroatoms. The van der Waals surface area contributed by atoms with Crippen LogP contribution in [-0.2, 0) is 9.47 Å². The van der Waals surface area contributed by atoms with Crippen molar-refractivity contribution in [1.29, 1.82) is 0 Å². The van der Waals surface area contributed by atoms with Gasteiger partial charge in [-0.25, -0.2) is 4.79 Å². The van der Waals surface area contributed by atoms with E-state index in [9.17, 15) is 9.90 Å². The molecule has 0 radical (unpaired) electrons. The van der Waals surface area contributed by atoms with Crippen molar-refractivity contribution < 1.29 is 19.4 Å². The summed E-state index contributed by atoms with van der Waals surface area (Å²) in [6, 6.07) is 10.8. The van der Waals surface area contributed by atoms with E-state index in [-0.39, 0.29) is 6.10 Å². The lowest BCUT2D eigenvalue weighted by Gasteiger charge is -2.17. The maximum Gasteiger partial charge on any atom is 0.336 e. The third-order valence-electron chi connectivity index (χ3n) is 3.36. The zero-order chi connectivity index (χ0) is 15.2. The summed E-state index contributed by atoms with van der Waals surface area (Å²) in [5.74, 6) is -0.924. The van der Waals surface area contributed by atoms with Crippen LogP contribution in [0.1, 0.15) is 10.4 Å². The molecule has 2 rings (SSSR count). The smallest absolute Gasteiger partial charge is 0.336 e. The molecule has 21 heavy (non-hydrogen) atoms. The average Bonchev–Trinajstić information content (AvgIpc) is 2.50. The molecular formula is C16H19NO4. The summed E-state index contributed by atoms with van der Waals surface area (Å²) in [6.07, 6.45) is -0.0621. The number of carboxylic acid groups (broad SMARTS) is 1. The molecule has 0 aliphatic heterocycles. The number of hydrogen-bond donors (Lipinski definition) is 2. The van der Waals surface area contributed by atoms with Crippen molar-refractivity contribution in [2.24, 2.45) is 0 Å². The molecule has 112 valence electrons. The largest absolute Gasteiger partial charge is 0.478 e. The zero-order valence-corrected chi connectivity index (χ0v) is 12.1. The zero-order valence-electron chi connectivity index (χ0n) is 12.1. The second-order valence-corrected chi connectivity index (χ2v) is 4.71. The van der Waals surface area contributed by atoms with Crippen LogP contribution in [-0.4, -0.2) is 44.6 Å². The van der Waals surface area contributed by atoms with Crippen LogP contribution in [0.4, 0.5) is 5.69 Å². The Labute approximate surface area is 123 Å². The van der Waals surface area contributed by atoms with Crippen molar-refractivity contribution in [3.63, 3.8) is 0 Å². The SMILES string of the molecule is COCC(CNc1ccc(C(=O)O)c2ccccc12)OC. The Morgan fingerprint density at radius 3 is 2.52 bits per heavy atom. The van der Waals surface area contributed by atoms with Gasteiger partial charge >= 0.3 is 5.97 Å². The number of hydrogen-bond acceptors (Lipinski definition) is 4. The lowest BCUT2D eigenvalue weighted by Crippen LogP contribution is -2.26. The van der Waals surface area contributed by atoms with Crippen molar-refractivity contribution in [3.8, 4) is 0 Å². The first kappa shape index (κ1) is 15.3. The summed E-state index contributed by atoms with van der Waals surface area (Å²) in [7, 11) is 3.26. The quantitative estimate of drug-likeness (QED) is 0.820. The summed E-state index contributed by atoms with van der Waals surface area (Å²) >= 11 is 0. The highest BCUT2D eigenvalue weighted by Crippen LogP contribution is 2.26. The maximum absolute atomic E-state index is 11.3. The van der Waals surface area contributed by atoms with Crippen molar-refractivity contribution in [3.05, 3.63) is 42.0 Å². The van der Waals surface area contributed by atoms with Crippen LogP contribution in [0.3, 0.4) is 0 Å². The molecule has 1 unspecified atom stereocenters. The van der Waals surface area contributed by atoms with Crippen LogP contribution in [0.25, 0.3) is 10.8 Å². The van der Waals surface area contributed by atoms with Gasteiger partial charge in [-0.05, 0) is 17.5 Å². The highest BCUT2D eigenvalue weighted by molar-refractivity contribution is 6.07. The summed E-state index contributed by atoms with van der Waals surface area (Å²) in [5, 5.41) is 14.1. The Morgan fingerprint density at radius 1 is 1.19 bits per heavy atom. The molecule has 2 aromatic carbocycles. The van der Waals surface area contributed by atoms with E-state index < -0.39 is 5.97 Å². The summed E-state index contributed by atoms with van der Waals surface area (Å²) < 4.78 is 10.4. The molecule has 0 heterocycles. The second-order valence-electron chi connectivity index (χ2n) is 4.71. The normalized spacial score (nSPS) is 12.3. The van der Waals surface area contributed by atoms with Gasteiger partial charge in [-0.2, -0.15) is 0 Å². The topological polar surface area (TPSA) is 67.8 Å². The highest BCUT2D eigenvalue weighted by atomic mass is 16.5. The maximum atomic E-state index is 11.3. The number of anilines is 1. The van der Waals surface area contributed by atoms with Crippen molar-refractivity contribution >= 4 is 22.4 Å². The Morgan fingerprint density at radius 2 is 1.90 bits per heavy atom. The summed E-state index contributed by atoms with van der Waals surface area (Å²) in [5.41, 5.74) is 1.19. The molecule has 1 atom stereocenters. The van der Waals surface area contributed by atoms with Crippen molar-refractivity contribution in [2.45, 2.75) is 6.10 Å². The number of rotatable bonds is 7. The Kier molecular flexibility index (Phi) is 5.14. The first-order valence-corrected chi connectivity index (χ1v) is 6.68. The Balaban J connectivity index is 2.29. The monoisotopic (exact) mass is 289 g/mol. The molecule has 0 fully saturated rings. The van der Waals surface area contributed by atoms with Gasteiger partial charge in [0.05, 0.1) is 18.3 Å². The van der Waals surface area contributed by atoms with Crippen LogP contribution in [0.2, 0.25) is 0 Å². The third-order valence-corrected chi connectivity index (χ3v) is 3.36. The van der Waals surface area contributed by atoms with E-state index in [4.69, 9.17) is 9.47 Å². The van der Waals surface area contributed by atoms with Gasteiger partial charge < -0.3 is 19.9 Å². The molecule has 0 aliphatic carbocycles. The minimum atomic E-state index is -0.924. The van der Waals surface area contributed by atoms with Crippen molar-refractivity contribution in [1.82, 2.24) is 0 Å². The Bertz CT molecular complexity index is 627. The predicted molar refractivity (Wildman–Crippen MR) is 82.1 cm³/mol. The van der Waals surface area contributed by atoms with Gasteiger partial charge in [0.15, 0.2) is 0 Å². The van der Waals surface area contributed by atoms with E-state index in [0.717, 1.165) is 16.5 Å². The van der Waals surface area contributed by atoms with E-state index in [1.807, 2.05) is 24.3 Å². The molecule has 0 bridgehead atoms. The van der Waals surface area contributed by atoms with Crippen LogP contribution in [0.15, 0.2) is 36.4 Å². The Hall–Kier alpha value is -2.11. The number of benzene rings is 2. The van der Waals surface area contributed by atoms with Gasteiger partial charge in [0, 0.05) is 31.8 Å². The fourth-order valence-corrected chi connectivity index (χ4v) is 2.26. The van der Waals surface area contributed by atoms with E-state index in [2.05, 4.69) is 5.32 Å². The van der Waals surface area contributed by atoms with E-state index >= 15 is 0 Å². The van der Waals surface area contributed by atoms with E-state index in [1.54, 1.807) is 26.4 Å². The standard InChI is InChI=1S/C16H19NO4/c1-20-10-11(21-2)9-17-15-8-7-14(16(18)19)12-5-3-4-6-13(12)15/h3-8,11,17H,9-10H2,1-2H3,(H,18,19). The lowest BCUT2D eigenvalue weighted by atomic mass is 10.0. The lowest BCUT2D eigenvalue weighted by molar-refractivity contribution is 0.0366. The number of aromatic carboxylic acids is 1. The average molecular weight is 289 g/mol. The molecule has 5 nitrogen and oxygen atoms in total. The van der Waals surface area contributed by atoms with E-state index in [1.165, 1.54) is 0 Å². The number of methoxy groups -OCH3 is 2. The van der Waals surface area contributed by atoms with Gasteiger partial charge in [-0.15, -0.1) is 0 Å². The molecule has 2 aromatic rings. The molecule has 0 amide bonds. The van der Waals surface area contributed by atoms with Gasteiger partial charge in [0.1, 0.15) is 0 Å². The number of carboxylic acids is 1. The van der Waals surface area contributed by atoms with Gasteiger partial charge in [-0.3, -0.25) is 0 Å². The van der Waals surface area contributed by atoms with Crippen molar-refractivity contribution in [2.75, 3.05) is 32.7 Å². The number of ether oxygens (including phenoxy) is 2. The molecule has 0 spiro atoms. The molecule has 0 aliphatic rings. The summed E-state index contributed by atoms with van der Waals surface area (Å²) in [6.45, 7) is 1.08. The highest BCUT2D eigenvalue weighted by Gasteiger charge is 2.12. The number of fused-ring (bicyclic) bond motifs is 1. The molecular weight excluding hydrogens is 270 g/mol. The fraction of sp³-hybridized carbons (Fsp3) is 0.312. The third kappa shape index (κ3) is 3.51. The van der Waals surface area contributed by atoms with Gasteiger partial charge in [0.2, 0.25) is 0 Å². The second kappa shape index (κ2) is 7.06. The van der Waals surface area contributed by atoms with Crippen LogP contribution in [0, 0.1) is 0 Å². The molecule has 2 N–H and O–H groups in total. The summed E-state index contributed by atoms with van der Waals surface area (Å²) in [4.78, 5) is 11.3.